The van der Waals surface area contributed by atoms with Crippen molar-refractivity contribution in [3.8, 4) is 0 Å². The number of hydrogen-bond acceptors (Lipinski definition) is 6. The molecule has 18 heavy (non-hydrogen) atoms. The minimum Gasteiger partial charge on any atom is -0.462 e. The third-order valence-corrected chi connectivity index (χ3v) is 5.08. The van der Waals surface area contributed by atoms with Crippen molar-refractivity contribution in [1.82, 2.24) is 0 Å². The fourth-order valence-corrected chi connectivity index (χ4v) is 3.81. The summed E-state index contributed by atoms with van der Waals surface area (Å²) in [5, 5.41) is 4.47. The van der Waals surface area contributed by atoms with E-state index in [0.29, 0.717) is 23.2 Å². The van der Waals surface area contributed by atoms with Gasteiger partial charge in [-0.15, -0.1) is 23.1 Å². The zero-order valence-electron chi connectivity index (χ0n) is 10.6. The van der Waals surface area contributed by atoms with Gasteiger partial charge in [0.2, 0.25) is 0 Å². The van der Waals surface area contributed by atoms with Crippen LogP contribution in [0.3, 0.4) is 0 Å². The number of thiophene rings is 1. The van der Waals surface area contributed by atoms with Crippen LogP contribution in [0.1, 0.15) is 35.9 Å². The predicted octanol–water partition coefficient (Wildman–Crippen LogP) is 3.19. The van der Waals surface area contributed by atoms with Crippen molar-refractivity contribution in [3.05, 3.63) is 4.88 Å². The average molecular weight is 286 g/mol. The molecule has 1 aromatic rings. The number of hydrogen-bond donors (Lipinski definition) is 2. The third-order valence-electron chi connectivity index (χ3n) is 3.00. The summed E-state index contributed by atoms with van der Waals surface area (Å²) < 4.78 is 5.02. The predicted molar refractivity (Wildman–Crippen MR) is 77.7 cm³/mol. The van der Waals surface area contributed by atoms with Crippen LogP contribution >= 0.6 is 23.1 Å². The van der Waals surface area contributed by atoms with Gasteiger partial charge in [0.05, 0.1) is 17.2 Å². The van der Waals surface area contributed by atoms with E-state index in [1.54, 1.807) is 18.7 Å². The number of nitrogen functional groups attached to an aromatic ring is 1. The molecule has 1 aromatic heterocycles. The summed E-state index contributed by atoms with van der Waals surface area (Å²) >= 11 is 2.97. The molecule has 0 unspecified atom stereocenters. The minimum absolute atomic E-state index is 0.322. The van der Waals surface area contributed by atoms with Gasteiger partial charge in [0.15, 0.2) is 0 Å². The first kappa shape index (κ1) is 13.5. The van der Waals surface area contributed by atoms with Gasteiger partial charge in [0, 0.05) is 6.04 Å². The Labute approximate surface area is 115 Å². The largest absolute Gasteiger partial charge is 0.462 e. The van der Waals surface area contributed by atoms with E-state index in [4.69, 9.17) is 10.5 Å². The highest BCUT2D eigenvalue weighted by atomic mass is 32.2. The first-order chi connectivity index (χ1) is 8.67. The molecule has 100 valence electrons. The molecule has 0 bridgehead atoms. The van der Waals surface area contributed by atoms with Gasteiger partial charge in [0.25, 0.3) is 0 Å². The molecule has 0 spiro atoms. The number of nitrogens with two attached hydrogens (primary N) is 1. The summed E-state index contributed by atoms with van der Waals surface area (Å²) in [5.74, 6) is -0.322. The van der Waals surface area contributed by atoms with Gasteiger partial charge in [-0.3, -0.25) is 0 Å². The van der Waals surface area contributed by atoms with E-state index >= 15 is 0 Å². The molecular formula is C12H18N2O2S2. The van der Waals surface area contributed by atoms with Crippen molar-refractivity contribution < 1.29 is 9.53 Å². The maximum Gasteiger partial charge on any atom is 0.350 e. The fourth-order valence-electron chi connectivity index (χ4n) is 1.81. The van der Waals surface area contributed by atoms with Gasteiger partial charge >= 0.3 is 5.97 Å². The van der Waals surface area contributed by atoms with Crippen LogP contribution < -0.4 is 11.1 Å². The summed E-state index contributed by atoms with van der Waals surface area (Å²) in [6.07, 6.45) is 5.64. The van der Waals surface area contributed by atoms with Crippen LogP contribution in [0.2, 0.25) is 0 Å². The van der Waals surface area contributed by atoms with Crippen LogP contribution in [0, 0.1) is 0 Å². The van der Waals surface area contributed by atoms with Crippen molar-refractivity contribution in [1.29, 1.82) is 0 Å². The molecule has 1 fully saturated rings. The Morgan fingerprint density at radius 2 is 2.33 bits per heavy atom. The second-order valence-electron chi connectivity index (χ2n) is 4.20. The quantitative estimate of drug-likeness (QED) is 0.643. The van der Waals surface area contributed by atoms with Crippen molar-refractivity contribution >= 4 is 39.8 Å². The molecule has 0 radical (unpaired) electrons. The molecule has 6 heteroatoms. The van der Waals surface area contributed by atoms with Gasteiger partial charge in [-0.25, -0.2) is 4.79 Å². The first-order valence-corrected chi connectivity index (χ1v) is 8.11. The van der Waals surface area contributed by atoms with Crippen LogP contribution in [-0.4, -0.2) is 24.9 Å². The summed E-state index contributed by atoms with van der Waals surface area (Å²) in [5.41, 5.74) is 6.58. The molecule has 2 rings (SSSR count). The molecule has 0 aliphatic heterocycles. The summed E-state index contributed by atoms with van der Waals surface area (Å²) in [7, 11) is 0. The zero-order valence-corrected chi connectivity index (χ0v) is 12.2. The van der Waals surface area contributed by atoms with Crippen molar-refractivity contribution in [2.24, 2.45) is 0 Å². The SMILES string of the molecule is CCOC(=O)c1sc(NC2CCC2)c(SC)c1N. The smallest absolute Gasteiger partial charge is 0.350 e. The highest BCUT2D eigenvalue weighted by molar-refractivity contribution is 7.99. The number of rotatable bonds is 5. The lowest BCUT2D eigenvalue weighted by atomic mass is 9.93. The number of ether oxygens (including phenoxy) is 1. The second kappa shape index (κ2) is 5.84. The van der Waals surface area contributed by atoms with E-state index in [2.05, 4.69) is 5.32 Å². The van der Waals surface area contributed by atoms with Crippen LogP contribution in [0.4, 0.5) is 10.7 Å². The maximum atomic E-state index is 11.8. The Morgan fingerprint density at radius 1 is 1.61 bits per heavy atom. The van der Waals surface area contributed by atoms with Crippen LogP contribution in [0.25, 0.3) is 0 Å². The Morgan fingerprint density at radius 3 is 2.83 bits per heavy atom. The normalized spacial score (nSPS) is 15.2. The summed E-state index contributed by atoms with van der Waals surface area (Å²) in [6.45, 7) is 2.17. The van der Waals surface area contributed by atoms with E-state index in [0.717, 1.165) is 9.90 Å². The average Bonchev–Trinajstić information content (AvgIpc) is 2.60. The van der Waals surface area contributed by atoms with E-state index in [9.17, 15) is 4.79 Å². The van der Waals surface area contributed by atoms with Crippen LogP contribution in [0.5, 0.6) is 0 Å². The Kier molecular flexibility index (Phi) is 4.40. The molecule has 1 aliphatic carbocycles. The molecule has 0 atom stereocenters. The van der Waals surface area contributed by atoms with Gasteiger partial charge in [-0.05, 0) is 32.4 Å². The zero-order chi connectivity index (χ0) is 13.1. The van der Waals surface area contributed by atoms with E-state index < -0.39 is 0 Å². The van der Waals surface area contributed by atoms with Gasteiger partial charge in [-0.2, -0.15) is 0 Å². The second-order valence-corrected chi connectivity index (χ2v) is 6.04. The number of thioether (sulfide) groups is 1. The molecule has 4 nitrogen and oxygen atoms in total. The Balaban J connectivity index is 2.22. The minimum atomic E-state index is -0.322. The highest BCUT2D eigenvalue weighted by Gasteiger charge is 2.25. The summed E-state index contributed by atoms with van der Waals surface area (Å²) in [6, 6.07) is 0.531. The first-order valence-electron chi connectivity index (χ1n) is 6.07. The molecule has 0 amide bonds. The van der Waals surface area contributed by atoms with Gasteiger partial charge in [-0.1, -0.05) is 0 Å². The number of esters is 1. The molecule has 0 aromatic carbocycles. The van der Waals surface area contributed by atoms with Crippen molar-refractivity contribution in [2.75, 3.05) is 23.9 Å². The van der Waals surface area contributed by atoms with Gasteiger partial charge < -0.3 is 15.8 Å². The standard InChI is InChI=1S/C12H18N2O2S2/c1-3-16-12(15)10-8(13)9(17-2)11(18-10)14-7-5-4-6-7/h7,14H,3-6,13H2,1-2H3. The summed E-state index contributed by atoms with van der Waals surface area (Å²) in [4.78, 5) is 13.3. The number of anilines is 2. The van der Waals surface area contributed by atoms with Gasteiger partial charge in [0.1, 0.15) is 9.88 Å². The number of carbonyl (C=O) groups excluding carboxylic acids is 1. The highest BCUT2D eigenvalue weighted by Crippen LogP contribution is 2.43. The molecule has 1 aliphatic rings. The lowest BCUT2D eigenvalue weighted by Gasteiger charge is -2.27. The molecular weight excluding hydrogens is 268 g/mol. The number of nitrogens with one attached hydrogen (secondary N) is 1. The molecule has 3 N–H and O–H groups in total. The Bertz CT molecular complexity index is 442. The van der Waals surface area contributed by atoms with E-state index in [1.165, 1.54) is 30.6 Å². The molecule has 1 heterocycles. The third kappa shape index (κ3) is 2.59. The molecule has 0 saturated heterocycles. The van der Waals surface area contributed by atoms with Crippen LogP contribution in [0.15, 0.2) is 4.90 Å². The lowest BCUT2D eigenvalue weighted by molar-refractivity contribution is 0.0533. The van der Waals surface area contributed by atoms with Crippen molar-refractivity contribution in [3.63, 3.8) is 0 Å². The Hall–Kier alpha value is -0.880. The fraction of sp³-hybridized carbons (Fsp3) is 0.583. The van der Waals surface area contributed by atoms with Crippen LogP contribution in [-0.2, 0) is 4.74 Å². The van der Waals surface area contributed by atoms with E-state index in [-0.39, 0.29) is 5.97 Å². The lowest BCUT2D eigenvalue weighted by Crippen LogP contribution is -2.26. The topological polar surface area (TPSA) is 64.3 Å². The maximum absolute atomic E-state index is 11.8. The monoisotopic (exact) mass is 286 g/mol. The van der Waals surface area contributed by atoms with E-state index in [1.807, 2.05) is 6.26 Å². The molecule has 1 saturated carbocycles. The van der Waals surface area contributed by atoms with Crippen molar-refractivity contribution in [2.45, 2.75) is 37.1 Å². The number of carbonyl (C=O) groups is 1.